The largest absolute Gasteiger partial charge is 0.344 e. The predicted molar refractivity (Wildman–Crippen MR) is 206 cm³/mol. The molecule has 0 aliphatic carbocycles. The average molecular weight is 627 g/mol. The number of nitrogens with zero attached hydrogens (tertiary/aromatic N) is 2. The van der Waals surface area contributed by atoms with Gasteiger partial charge < -0.3 is 4.90 Å². The molecule has 240 valence electrons. The molecule has 2 unspecified atom stereocenters. The first-order valence-electron chi connectivity index (χ1n) is 17.5. The smallest absolute Gasteiger partial charge is 0.0675 e. The van der Waals surface area contributed by atoms with Gasteiger partial charge in [0, 0.05) is 28.8 Å². The van der Waals surface area contributed by atoms with Crippen molar-refractivity contribution < 1.29 is 0 Å². The second-order valence-electron chi connectivity index (χ2n) is 14.2. The van der Waals surface area contributed by atoms with E-state index in [1.807, 2.05) is 0 Å². The number of hydrogen-bond acceptors (Lipinski definition) is 2. The van der Waals surface area contributed by atoms with Crippen LogP contribution in [-0.4, -0.2) is 12.3 Å². The first-order chi connectivity index (χ1) is 23.4. The Morgan fingerprint density at radius 3 is 2.17 bits per heavy atom. The van der Waals surface area contributed by atoms with Crippen LogP contribution in [0.5, 0.6) is 0 Å². The molecule has 0 fully saturated rings. The summed E-state index contributed by atoms with van der Waals surface area (Å²) in [5.41, 5.74) is 9.74. The summed E-state index contributed by atoms with van der Waals surface area (Å²) in [6.07, 6.45) is 12.8. The summed E-state index contributed by atoms with van der Waals surface area (Å²) in [6.45, 7) is 12.3. The lowest BCUT2D eigenvalue weighted by Crippen LogP contribution is -2.34. The Bertz CT molecular complexity index is 2020. The Kier molecular flexibility index (Phi) is 8.75. The van der Waals surface area contributed by atoms with Gasteiger partial charge in [0.2, 0.25) is 0 Å². The molecule has 2 atom stereocenters. The first kappa shape index (κ1) is 31.6. The van der Waals surface area contributed by atoms with Crippen LogP contribution in [0.1, 0.15) is 55.9 Å². The van der Waals surface area contributed by atoms with E-state index in [9.17, 15) is 0 Å². The van der Waals surface area contributed by atoms with Gasteiger partial charge in [-0.2, -0.15) is 0 Å². The molecule has 2 aliphatic heterocycles. The number of anilines is 1. The van der Waals surface area contributed by atoms with E-state index in [0.29, 0.717) is 5.92 Å². The van der Waals surface area contributed by atoms with Crippen molar-refractivity contribution in [2.45, 2.75) is 57.3 Å². The fraction of sp³-hybridized carbons (Fsp3) is 0.239. The van der Waals surface area contributed by atoms with Crippen molar-refractivity contribution in [2.24, 2.45) is 10.9 Å². The van der Waals surface area contributed by atoms with E-state index in [1.54, 1.807) is 0 Å². The summed E-state index contributed by atoms with van der Waals surface area (Å²) in [6, 6.07) is 44.0. The van der Waals surface area contributed by atoms with E-state index < -0.39 is 0 Å². The Labute approximate surface area is 286 Å². The summed E-state index contributed by atoms with van der Waals surface area (Å²) in [5.74, 6) is 0.597. The standard InChI is InChI=1S/C46H46N2/c1-5-30-46(33-36-19-10-7-11-20-36)43(48(31-29-34(2)3)41-28-27-37-21-12-13-22-38(37)44(41)46)26-16-25-42-45(4,32-35-17-8-6-9-18-35)39-23-14-15-24-40(39)47-42/h5-28,34H,1,29-33H2,2-4H3/b25-16+,43-26+. The van der Waals surface area contributed by atoms with Crippen LogP contribution >= 0.6 is 0 Å². The van der Waals surface area contributed by atoms with Crippen molar-refractivity contribution in [1.82, 2.24) is 0 Å². The summed E-state index contributed by atoms with van der Waals surface area (Å²) >= 11 is 0. The molecule has 5 aromatic rings. The lowest BCUT2D eigenvalue weighted by molar-refractivity contribution is 0.508. The number of rotatable bonds is 11. The molecular weight excluding hydrogens is 581 g/mol. The van der Waals surface area contributed by atoms with Crippen LogP contribution in [0.4, 0.5) is 11.4 Å². The van der Waals surface area contributed by atoms with E-state index in [1.165, 1.54) is 44.4 Å². The highest BCUT2D eigenvalue weighted by molar-refractivity contribution is 6.09. The van der Waals surface area contributed by atoms with E-state index in [-0.39, 0.29) is 10.8 Å². The van der Waals surface area contributed by atoms with Crippen LogP contribution in [0.25, 0.3) is 10.8 Å². The molecule has 48 heavy (non-hydrogen) atoms. The number of allylic oxidation sites excluding steroid dienone is 5. The van der Waals surface area contributed by atoms with Gasteiger partial charge in [-0.15, -0.1) is 6.58 Å². The number of fused-ring (bicyclic) bond motifs is 4. The van der Waals surface area contributed by atoms with Gasteiger partial charge in [-0.05, 0) is 95.8 Å². The third-order valence-electron chi connectivity index (χ3n) is 10.4. The zero-order chi connectivity index (χ0) is 33.1. The Hall–Kier alpha value is -4.95. The van der Waals surface area contributed by atoms with Crippen molar-refractivity contribution in [3.8, 4) is 0 Å². The second kappa shape index (κ2) is 13.3. The maximum absolute atomic E-state index is 5.24. The number of aliphatic imine (C=N–C) groups is 1. The van der Waals surface area contributed by atoms with Crippen molar-refractivity contribution in [3.63, 3.8) is 0 Å². The molecule has 0 amide bonds. The van der Waals surface area contributed by atoms with Gasteiger partial charge in [0.25, 0.3) is 0 Å². The number of benzene rings is 5. The highest BCUT2D eigenvalue weighted by atomic mass is 15.2. The molecule has 0 N–H and O–H groups in total. The lowest BCUT2D eigenvalue weighted by atomic mass is 9.70. The van der Waals surface area contributed by atoms with E-state index >= 15 is 0 Å². The molecule has 0 saturated heterocycles. The Balaban J connectivity index is 1.38. The van der Waals surface area contributed by atoms with Gasteiger partial charge in [0.1, 0.15) is 0 Å². The predicted octanol–water partition coefficient (Wildman–Crippen LogP) is 11.5. The monoisotopic (exact) mass is 626 g/mol. The van der Waals surface area contributed by atoms with Crippen molar-refractivity contribution >= 4 is 27.9 Å². The molecule has 2 heterocycles. The molecule has 5 aromatic carbocycles. The van der Waals surface area contributed by atoms with Gasteiger partial charge in [0.05, 0.1) is 11.4 Å². The third kappa shape index (κ3) is 5.75. The summed E-state index contributed by atoms with van der Waals surface area (Å²) in [4.78, 5) is 7.85. The van der Waals surface area contributed by atoms with Gasteiger partial charge in [0.15, 0.2) is 0 Å². The minimum atomic E-state index is -0.269. The molecule has 7 rings (SSSR count). The van der Waals surface area contributed by atoms with Gasteiger partial charge in [-0.1, -0.05) is 135 Å². The van der Waals surface area contributed by atoms with Crippen LogP contribution in [0, 0.1) is 5.92 Å². The Morgan fingerprint density at radius 1 is 0.771 bits per heavy atom. The topological polar surface area (TPSA) is 15.6 Å². The molecule has 2 aliphatic rings. The van der Waals surface area contributed by atoms with Gasteiger partial charge in [-0.3, -0.25) is 4.99 Å². The van der Waals surface area contributed by atoms with Crippen molar-refractivity contribution in [2.75, 3.05) is 11.4 Å². The molecule has 0 bridgehead atoms. The van der Waals surface area contributed by atoms with Crippen molar-refractivity contribution in [1.29, 1.82) is 0 Å². The first-order valence-corrected chi connectivity index (χ1v) is 17.5. The van der Waals surface area contributed by atoms with Crippen LogP contribution < -0.4 is 4.90 Å². The van der Waals surface area contributed by atoms with Crippen LogP contribution in [0.3, 0.4) is 0 Å². The van der Waals surface area contributed by atoms with Gasteiger partial charge >= 0.3 is 0 Å². The summed E-state index contributed by atoms with van der Waals surface area (Å²) in [7, 11) is 0. The SMILES string of the molecule is C=CCC1(Cc2ccccc2)/C(=C\C=C\C2=Nc3ccccc3C2(C)Cc2ccccc2)N(CCC(C)C)c2ccc3ccccc3c21. The maximum Gasteiger partial charge on any atom is 0.0675 e. The molecule has 0 radical (unpaired) electrons. The highest BCUT2D eigenvalue weighted by Gasteiger charge is 2.47. The molecule has 0 aromatic heterocycles. The summed E-state index contributed by atoms with van der Waals surface area (Å²) in [5, 5.41) is 2.62. The average Bonchev–Trinajstić information content (AvgIpc) is 3.52. The molecule has 2 heteroatoms. The van der Waals surface area contributed by atoms with Crippen LogP contribution in [-0.2, 0) is 23.7 Å². The molecule has 0 spiro atoms. The molecule has 0 saturated carbocycles. The number of hydrogen-bond donors (Lipinski definition) is 0. The van der Waals surface area contributed by atoms with Crippen LogP contribution in [0.2, 0.25) is 0 Å². The zero-order valence-electron chi connectivity index (χ0n) is 28.6. The maximum atomic E-state index is 5.24. The third-order valence-corrected chi connectivity index (χ3v) is 10.4. The van der Waals surface area contributed by atoms with Crippen LogP contribution in [0.15, 0.2) is 163 Å². The molecular formula is C46H46N2. The fourth-order valence-electron chi connectivity index (χ4n) is 8.10. The minimum absolute atomic E-state index is 0.221. The van der Waals surface area contributed by atoms with Gasteiger partial charge in [-0.25, -0.2) is 0 Å². The quantitative estimate of drug-likeness (QED) is 0.133. The summed E-state index contributed by atoms with van der Waals surface area (Å²) < 4.78 is 0. The Morgan fingerprint density at radius 2 is 1.44 bits per heavy atom. The highest BCUT2D eigenvalue weighted by Crippen LogP contribution is 2.55. The molecule has 2 nitrogen and oxygen atoms in total. The normalized spacial score (nSPS) is 20.9. The lowest BCUT2D eigenvalue weighted by Gasteiger charge is -2.34. The van der Waals surface area contributed by atoms with E-state index in [0.717, 1.165) is 43.6 Å². The minimum Gasteiger partial charge on any atom is -0.344 e. The van der Waals surface area contributed by atoms with E-state index in [4.69, 9.17) is 4.99 Å². The van der Waals surface area contributed by atoms with E-state index in [2.05, 4.69) is 178 Å². The second-order valence-corrected chi connectivity index (χ2v) is 14.2. The fourth-order valence-corrected chi connectivity index (χ4v) is 8.10. The number of para-hydroxylation sites is 1. The van der Waals surface area contributed by atoms with Crippen molar-refractivity contribution in [3.05, 3.63) is 180 Å². The zero-order valence-corrected chi connectivity index (χ0v) is 28.6.